The molecule has 2 aromatic rings. The number of nitrogens with zero attached hydrogens (tertiary/aromatic N) is 1. The molecule has 3 rings (SSSR count). The van der Waals surface area contributed by atoms with Gasteiger partial charge in [-0.3, -0.25) is 4.98 Å². The summed E-state index contributed by atoms with van der Waals surface area (Å²) < 4.78 is 0. The van der Waals surface area contributed by atoms with Gasteiger partial charge in [0, 0.05) is 29.4 Å². The van der Waals surface area contributed by atoms with Crippen LogP contribution in [0.3, 0.4) is 0 Å². The lowest BCUT2D eigenvalue weighted by Gasteiger charge is -2.34. The molecule has 0 amide bonds. The van der Waals surface area contributed by atoms with E-state index in [4.69, 9.17) is 17.3 Å². The van der Waals surface area contributed by atoms with Crippen LogP contribution in [0.4, 0.5) is 5.69 Å². The Hall–Kier alpha value is -1.32. The summed E-state index contributed by atoms with van der Waals surface area (Å²) >= 11 is 6.13. The number of benzene rings is 1. The average Bonchev–Trinajstić information content (AvgIpc) is 2.31. The van der Waals surface area contributed by atoms with Crippen LogP contribution in [0.2, 0.25) is 5.02 Å². The van der Waals surface area contributed by atoms with Crippen molar-refractivity contribution in [3.05, 3.63) is 35.5 Å². The molecule has 3 nitrogen and oxygen atoms in total. The van der Waals surface area contributed by atoms with Gasteiger partial charge in [0.1, 0.15) is 0 Å². The van der Waals surface area contributed by atoms with Gasteiger partial charge < -0.3 is 11.1 Å². The van der Waals surface area contributed by atoms with Crippen LogP contribution in [0.5, 0.6) is 0 Å². The lowest BCUT2D eigenvalue weighted by molar-refractivity contribution is 0.374. The first-order chi connectivity index (χ1) is 8.24. The molecule has 1 aliphatic carbocycles. The summed E-state index contributed by atoms with van der Waals surface area (Å²) in [6.45, 7) is 0. The van der Waals surface area contributed by atoms with Gasteiger partial charge in [-0.25, -0.2) is 0 Å². The first-order valence-corrected chi connectivity index (χ1v) is 6.17. The maximum atomic E-state index is 6.13. The smallest absolute Gasteiger partial charge is 0.0908 e. The molecule has 1 aliphatic rings. The van der Waals surface area contributed by atoms with Crippen molar-refractivity contribution in [2.24, 2.45) is 5.73 Å². The minimum Gasteiger partial charge on any atom is -0.382 e. The molecule has 3 N–H and O–H groups in total. The van der Waals surface area contributed by atoms with E-state index in [9.17, 15) is 0 Å². The molecule has 1 saturated carbocycles. The van der Waals surface area contributed by atoms with Crippen LogP contribution < -0.4 is 11.1 Å². The molecule has 4 heteroatoms. The Morgan fingerprint density at radius 2 is 2.12 bits per heavy atom. The maximum Gasteiger partial charge on any atom is 0.0908 e. The van der Waals surface area contributed by atoms with Crippen molar-refractivity contribution >= 4 is 28.2 Å². The van der Waals surface area contributed by atoms with Gasteiger partial charge in [-0.2, -0.15) is 0 Å². The third kappa shape index (κ3) is 1.96. The lowest BCUT2D eigenvalue weighted by atomic mass is 9.87. The molecule has 88 valence electrons. The Morgan fingerprint density at radius 3 is 2.88 bits per heavy atom. The molecule has 0 radical (unpaired) electrons. The number of hydrogen-bond donors (Lipinski definition) is 2. The van der Waals surface area contributed by atoms with Gasteiger partial charge in [-0.05, 0) is 37.1 Å². The Labute approximate surface area is 105 Å². The summed E-state index contributed by atoms with van der Waals surface area (Å²) in [6.07, 6.45) is 3.83. The summed E-state index contributed by atoms with van der Waals surface area (Å²) in [5, 5.41) is 5.26. The van der Waals surface area contributed by atoms with Gasteiger partial charge >= 0.3 is 0 Å². The van der Waals surface area contributed by atoms with Crippen molar-refractivity contribution in [1.29, 1.82) is 0 Å². The van der Waals surface area contributed by atoms with E-state index < -0.39 is 0 Å². The molecule has 1 fully saturated rings. The van der Waals surface area contributed by atoms with Crippen LogP contribution in [0.25, 0.3) is 10.9 Å². The minimum atomic E-state index is 0.351. The monoisotopic (exact) mass is 247 g/mol. The van der Waals surface area contributed by atoms with Crippen molar-refractivity contribution in [3.8, 4) is 0 Å². The summed E-state index contributed by atoms with van der Waals surface area (Å²) in [5.41, 5.74) is 7.73. The van der Waals surface area contributed by atoms with E-state index in [-0.39, 0.29) is 0 Å². The van der Waals surface area contributed by atoms with Crippen molar-refractivity contribution in [2.45, 2.75) is 24.9 Å². The van der Waals surface area contributed by atoms with Crippen LogP contribution in [0, 0.1) is 0 Å². The van der Waals surface area contributed by atoms with E-state index in [0.717, 1.165) is 29.4 Å². The molecule has 0 unspecified atom stereocenters. The zero-order chi connectivity index (χ0) is 11.8. The van der Waals surface area contributed by atoms with Crippen molar-refractivity contribution < 1.29 is 0 Å². The normalized spacial score (nSPS) is 23.4. The largest absolute Gasteiger partial charge is 0.382 e. The van der Waals surface area contributed by atoms with E-state index in [2.05, 4.69) is 10.3 Å². The van der Waals surface area contributed by atoms with Crippen molar-refractivity contribution in [2.75, 3.05) is 5.32 Å². The van der Waals surface area contributed by atoms with Gasteiger partial charge in [0.15, 0.2) is 0 Å². The van der Waals surface area contributed by atoms with E-state index in [0.29, 0.717) is 17.1 Å². The SMILES string of the molecule is NC1CC(Nc2ccc(Cl)c3ncccc23)C1. The zero-order valence-electron chi connectivity index (χ0n) is 9.36. The summed E-state index contributed by atoms with van der Waals surface area (Å²) in [4.78, 5) is 4.31. The highest BCUT2D eigenvalue weighted by molar-refractivity contribution is 6.35. The zero-order valence-corrected chi connectivity index (χ0v) is 10.1. The highest BCUT2D eigenvalue weighted by Gasteiger charge is 2.25. The number of nitrogens with one attached hydrogen (secondary N) is 1. The fraction of sp³-hybridized carbons (Fsp3) is 0.308. The van der Waals surface area contributed by atoms with Crippen LogP contribution in [0.15, 0.2) is 30.5 Å². The Morgan fingerprint density at radius 1 is 1.29 bits per heavy atom. The van der Waals surface area contributed by atoms with E-state index in [1.54, 1.807) is 6.20 Å². The first kappa shape index (κ1) is 10.8. The van der Waals surface area contributed by atoms with Crippen LogP contribution in [-0.4, -0.2) is 17.1 Å². The van der Waals surface area contributed by atoms with Gasteiger partial charge in [-0.15, -0.1) is 0 Å². The fourth-order valence-electron chi connectivity index (χ4n) is 2.26. The number of nitrogens with two attached hydrogens (primary N) is 1. The van der Waals surface area contributed by atoms with Gasteiger partial charge in [-0.1, -0.05) is 11.6 Å². The minimum absolute atomic E-state index is 0.351. The number of pyridine rings is 1. The molecular weight excluding hydrogens is 234 g/mol. The number of rotatable bonds is 2. The predicted molar refractivity (Wildman–Crippen MR) is 71.4 cm³/mol. The molecule has 0 aliphatic heterocycles. The molecule has 1 aromatic heterocycles. The predicted octanol–water partition coefficient (Wildman–Crippen LogP) is 2.79. The summed E-state index contributed by atoms with van der Waals surface area (Å²) in [7, 11) is 0. The van der Waals surface area contributed by atoms with Gasteiger partial charge in [0.2, 0.25) is 0 Å². The fourth-order valence-corrected chi connectivity index (χ4v) is 2.48. The summed E-state index contributed by atoms with van der Waals surface area (Å²) in [5.74, 6) is 0. The lowest BCUT2D eigenvalue weighted by Crippen LogP contribution is -2.44. The highest BCUT2D eigenvalue weighted by atomic mass is 35.5. The number of aromatic nitrogens is 1. The third-order valence-corrected chi connectivity index (χ3v) is 3.56. The maximum absolute atomic E-state index is 6.13. The molecule has 17 heavy (non-hydrogen) atoms. The Kier molecular flexibility index (Phi) is 2.65. The molecule has 0 spiro atoms. The second-order valence-electron chi connectivity index (χ2n) is 4.57. The van der Waals surface area contributed by atoms with Crippen LogP contribution >= 0.6 is 11.6 Å². The molecule has 0 atom stereocenters. The molecule has 0 bridgehead atoms. The number of hydrogen-bond acceptors (Lipinski definition) is 3. The molecule has 0 saturated heterocycles. The Bertz CT molecular complexity index is 549. The topological polar surface area (TPSA) is 50.9 Å². The van der Waals surface area contributed by atoms with E-state index in [1.165, 1.54) is 0 Å². The number of anilines is 1. The second kappa shape index (κ2) is 4.17. The van der Waals surface area contributed by atoms with Gasteiger partial charge in [0.05, 0.1) is 10.5 Å². The Balaban J connectivity index is 1.96. The van der Waals surface area contributed by atoms with E-state index >= 15 is 0 Å². The molecular formula is C13H14ClN3. The standard InChI is InChI=1S/C13H14ClN3/c14-11-3-4-12(17-9-6-8(15)7-9)10-2-1-5-16-13(10)11/h1-5,8-9,17H,6-7,15H2. The van der Waals surface area contributed by atoms with Gasteiger partial charge in [0.25, 0.3) is 0 Å². The van der Waals surface area contributed by atoms with Crippen molar-refractivity contribution in [1.82, 2.24) is 4.98 Å². The molecule has 1 aromatic carbocycles. The quantitative estimate of drug-likeness (QED) is 0.858. The number of halogens is 1. The van der Waals surface area contributed by atoms with Crippen LogP contribution in [-0.2, 0) is 0 Å². The average molecular weight is 248 g/mol. The summed E-state index contributed by atoms with van der Waals surface area (Å²) in [6, 6.07) is 8.69. The van der Waals surface area contributed by atoms with E-state index in [1.807, 2.05) is 24.3 Å². The highest BCUT2D eigenvalue weighted by Crippen LogP contribution is 2.31. The van der Waals surface area contributed by atoms with Crippen LogP contribution in [0.1, 0.15) is 12.8 Å². The first-order valence-electron chi connectivity index (χ1n) is 5.79. The molecule has 1 heterocycles. The number of fused-ring (bicyclic) bond motifs is 1. The second-order valence-corrected chi connectivity index (χ2v) is 4.97. The third-order valence-electron chi connectivity index (χ3n) is 3.25. The van der Waals surface area contributed by atoms with Crippen molar-refractivity contribution in [3.63, 3.8) is 0 Å².